The van der Waals surface area contributed by atoms with E-state index in [0.717, 1.165) is 46.5 Å². The molecule has 1 fully saturated rings. The number of hydrogen-bond acceptors (Lipinski definition) is 7. The van der Waals surface area contributed by atoms with E-state index in [1.54, 1.807) is 32.9 Å². The van der Waals surface area contributed by atoms with E-state index in [1.165, 1.54) is 0 Å². The standard InChI is InChI=1S/C25H25ClN4O4S/c26-19-9-17(10-21(12-19)34-8-5-31)15-29-2-1-18(11-24(29)32)23-16-30(35)25-22(23)13-20(14-27-25)28-3-6-33-7-4-28/h1-2,9-14,16,31,35H,3-8,15H2. The topological polar surface area (TPSA) is 81.8 Å². The molecule has 35 heavy (non-hydrogen) atoms. The Labute approximate surface area is 212 Å². The molecule has 0 aliphatic carbocycles. The molecule has 0 saturated carbocycles. The summed E-state index contributed by atoms with van der Waals surface area (Å²) in [5, 5.41) is 10.4. The van der Waals surface area contributed by atoms with Gasteiger partial charge in [0.05, 0.1) is 38.2 Å². The lowest BCUT2D eigenvalue weighted by Crippen LogP contribution is -2.36. The van der Waals surface area contributed by atoms with E-state index in [2.05, 4.69) is 28.8 Å². The summed E-state index contributed by atoms with van der Waals surface area (Å²) in [6.07, 6.45) is 5.50. The maximum atomic E-state index is 13.0. The van der Waals surface area contributed by atoms with Gasteiger partial charge in [0.15, 0.2) is 5.65 Å². The van der Waals surface area contributed by atoms with Crippen LogP contribution in [-0.4, -0.2) is 58.1 Å². The van der Waals surface area contributed by atoms with Gasteiger partial charge in [0, 0.05) is 47.5 Å². The van der Waals surface area contributed by atoms with Crippen molar-refractivity contribution in [1.82, 2.24) is 13.5 Å². The average Bonchev–Trinajstić information content (AvgIpc) is 3.20. The fourth-order valence-electron chi connectivity index (χ4n) is 4.27. The van der Waals surface area contributed by atoms with Crippen LogP contribution in [0.3, 0.4) is 0 Å². The van der Waals surface area contributed by atoms with Crippen molar-refractivity contribution in [2.45, 2.75) is 6.54 Å². The van der Waals surface area contributed by atoms with Crippen LogP contribution in [0.5, 0.6) is 5.75 Å². The predicted octanol–water partition coefficient (Wildman–Crippen LogP) is 3.47. The number of benzene rings is 1. The van der Waals surface area contributed by atoms with Crippen LogP contribution in [0.2, 0.25) is 5.02 Å². The molecule has 182 valence electrons. The number of aromatic nitrogens is 3. The largest absolute Gasteiger partial charge is 0.491 e. The van der Waals surface area contributed by atoms with E-state index < -0.39 is 0 Å². The summed E-state index contributed by atoms with van der Waals surface area (Å²) in [5.74, 6) is 0.552. The molecular weight excluding hydrogens is 488 g/mol. The van der Waals surface area contributed by atoms with Gasteiger partial charge >= 0.3 is 0 Å². The van der Waals surface area contributed by atoms with Crippen molar-refractivity contribution in [1.29, 1.82) is 0 Å². The summed E-state index contributed by atoms with van der Waals surface area (Å²) < 4.78 is 14.2. The van der Waals surface area contributed by atoms with Crippen molar-refractivity contribution < 1.29 is 14.6 Å². The van der Waals surface area contributed by atoms with Gasteiger partial charge < -0.3 is 24.0 Å². The molecule has 1 N–H and O–H groups in total. The van der Waals surface area contributed by atoms with Gasteiger partial charge in [-0.25, -0.2) is 4.98 Å². The molecule has 1 aliphatic rings. The Balaban J connectivity index is 1.45. The maximum absolute atomic E-state index is 13.0. The number of rotatable bonds is 7. The van der Waals surface area contributed by atoms with Gasteiger partial charge in [-0.15, -0.1) is 0 Å². The van der Waals surface area contributed by atoms with Crippen molar-refractivity contribution in [3.8, 4) is 16.9 Å². The lowest BCUT2D eigenvalue weighted by molar-refractivity contribution is 0.122. The molecule has 0 bridgehead atoms. The Morgan fingerprint density at radius 3 is 2.77 bits per heavy atom. The molecule has 8 nitrogen and oxygen atoms in total. The van der Waals surface area contributed by atoms with Crippen molar-refractivity contribution in [3.05, 3.63) is 75.9 Å². The lowest BCUT2D eigenvalue weighted by atomic mass is 10.1. The number of anilines is 1. The molecule has 1 aromatic carbocycles. The number of pyridine rings is 2. The van der Waals surface area contributed by atoms with Crippen LogP contribution < -0.4 is 15.2 Å². The third-order valence-corrected chi connectivity index (χ3v) is 6.46. The number of hydrogen-bond donors (Lipinski definition) is 2. The highest BCUT2D eigenvalue weighted by Gasteiger charge is 2.16. The minimum Gasteiger partial charge on any atom is -0.491 e. The second-order valence-corrected chi connectivity index (χ2v) is 9.17. The average molecular weight is 513 g/mol. The number of morpholine rings is 1. The summed E-state index contributed by atoms with van der Waals surface area (Å²) >= 11 is 10.7. The Morgan fingerprint density at radius 2 is 2.00 bits per heavy atom. The highest BCUT2D eigenvalue weighted by Crippen LogP contribution is 2.32. The van der Waals surface area contributed by atoms with Crippen LogP contribution in [0.25, 0.3) is 22.2 Å². The molecule has 0 radical (unpaired) electrons. The highest BCUT2D eigenvalue weighted by atomic mass is 35.5. The molecule has 4 heterocycles. The minimum atomic E-state index is -0.141. The monoisotopic (exact) mass is 512 g/mol. The van der Waals surface area contributed by atoms with Gasteiger partial charge in [0.2, 0.25) is 0 Å². The summed E-state index contributed by atoms with van der Waals surface area (Å²) in [6.45, 7) is 3.44. The molecule has 3 aromatic heterocycles. The van der Waals surface area contributed by atoms with Gasteiger partial charge in [0.25, 0.3) is 5.56 Å². The molecule has 0 unspecified atom stereocenters. The van der Waals surface area contributed by atoms with Crippen LogP contribution in [0, 0.1) is 0 Å². The Bertz CT molecular complexity index is 1410. The fraction of sp³-hybridized carbons (Fsp3) is 0.280. The molecule has 10 heteroatoms. The number of halogens is 1. The highest BCUT2D eigenvalue weighted by molar-refractivity contribution is 7.78. The fourth-order valence-corrected chi connectivity index (χ4v) is 4.79. The number of thiol groups is 1. The Kier molecular flexibility index (Phi) is 7.01. The van der Waals surface area contributed by atoms with Crippen molar-refractivity contribution in [2.24, 2.45) is 0 Å². The first-order valence-electron chi connectivity index (χ1n) is 11.3. The molecule has 5 rings (SSSR count). The lowest BCUT2D eigenvalue weighted by Gasteiger charge is -2.28. The molecule has 0 amide bonds. The molecule has 4 aromatic rings. The van der Waals surface area contributed by atoms with E-state index in [9.17, 15) is 4.79 Å². The third-order valence-electron chi connectivity index (χ3n) is 5.94. The second-order valence-electron chi connectivity index (χ2n) is 8.30. The van der Waals surface area contributed by atoms with Gasteiger partial charge in [-0.3, -0.25) is 8.77 Å². The molecule has 0 atom stereocenters. The zero-order chi connectivity index (χ0) is 24.4. The number of nitrogens with zero attached hydrogens (tertiary/aromatic N) is 4. The minimum absolute atomic E-state index is 0.0884. The third kappa shape index (κ3) is 5.18. The van der Waals surface area contributed by atoms with Crippen LogP contribution in [-0.2, 0) is 11.3 Å². The molecule has 0 spiro atoms. The van der Waals surface area contributed by atoms with Gasteiger partial charge in [-0.1, -0.05) is 24.4 Å². The second kappa shape index (κ2) is 10.3. The van der Waals surface area contributed by atoms with E-state index >= 15 is 0 Å². The number of aliphatic hydroxyl groups is 1. The summed E-state index contributed by atoms with van der Waals surface area (Å²) in [7, 11) is 0. The smallest absolute Gasteiger partial charge is 0.251 e. The molecule has 1 saturated heterocycles. The van der Waals surface area contributed by atoms with Gasteiger partial charge in [0.1, 0.15) is 12.4 Å². The van der Waals surface area contributed by atoms with Gasteiger partial charge in [-0.05, 0) is 41.5 Å². The van der Waals surface area contributed by atoms with Crippen molar-refractivity contribution in [2.75, 3.05) is 44.4 Å². The summed E-state index contributed by atoms with van der Waals surface area (Å²) in [5.41, 5.74) is 4.13. The normalized spacial score (nSPS) is 14.0. The predicted molar refractivity (Wildman–Crippen MR) is 140 cm³/mol. The number of fused-ring (bicyclic) bond motifs is 1. The molecule has 1 aliphatic heterocycles. The van der Waals surface area contributed by atoms with Crippen molar-refractivity contribution >= 4 is 41.1 Å². The van der Waals surface area contributed by atoms with E-state index in [-0.39, 0.29) is 18.8 Å². The van der Waals surface area contributed by atoms with E-state index in [4.69, 9.17) is 26.2 Å². The van der Waals surface area contributed by atoms with E-state index in [1.807, 2.05) is 24.5 Å². The van der Waals surface area contributed by atoms with E-state index in [0.29, 0.717) is 30.5 Å². The Morgan fingerprint density at radius 1 is 1.17 bits per heavy atom. The first kappa shape index (κ1) is 23.7. The first-order chi connectivity index (χ1) is 17.0. The Hall–Kier alpha value is -2.98. The van der Waals surface area contributed by atoms with Crippen molar-refractivity contribution in [3.63, 3.8) is 0 Å². The molecular formula is C25H25ClN4O4S. The number of aliphatic hydroxyl groups excluding tert-OH is 1. The SMILES string of the molecule is O=c1cc(-c2cn(S)c3ncc(N4CCOCC4)cc23)ccn1Cc1cc(Cl)cc(OCCO)c1. The zero-order valence-corrected chi connectivity index (χ0v) is 20.6. The first-order valence-corrected chi connectivity index (χ1v) is 12.1. The summed E-state index contributed by atoms with van der Waals surface area (Å²) in [4.78, 5) is 19.9. The maximum Gasteiger partial charge on any atom is 0.251 e. The van der Waals surface area contributed by atoms with Crippen LogP contribution >= 0.6 is 24.4 Å². The van der Waals surface area contributed by atoms with Crippen LogP contribution in [0.15, 0.2) is 59.8 Å². The quantitative estimate of drug-likeness (QED) is 0.369. The van der Waals surface area contributed by atoms with Crippen LogP contribution in [0.4, 0.5) is 5.69 Å². The zero-order valence-electron chi connectivity index (χ0n) is 18.9. The van der Waals surface area contributed by atoms with Gasteiger partial charge in [-0.2, -0.15) is 0 Å². The summed E-state index contributed by atoms with van der Waals surface area (Å²) in [6, 6.07) is 10.9. The van der Waals surface area contributed by atoms with Crippen LogP contribution in [0.1, 0.15) is 5.56 Å². The number of ether oxygens (including phenoxy) is 2.